The second-order valence-corrected chi connectivity index (χ2v) is 2.79. The second-order valence-electron chi connectivity index (χ2n) is 2.79. The van der Waals surface area contributed by atoms with Crippen molar-refractivity contribution in [3.63, 3.8) is 0 Å². The summed E-state index contributed by atoms with van der Waals surface area (Å²) in [6.45, 7) is 7.55. The first-order valence-corrected chi connectivity index (χ1v) is 3.96. The van der Waals surface area contributed by atoms with Gasteiger partial charge in [-0.15, -0.1) is 0 Å². The summed E-state index contributed by atoms with van der Waals surface area (Å²) >= 11 is 0. The predicted octanol–water partition coefficient (Wildman–Crippen LogP) is 2.02. The molecule has 2 N–H and O–H groups in total. The zero-order valence-electron chi connectivity index (χ0n) is 6.85. The minimum atomic E-state index is 0.708. The summed E-state index contributed by atoms with van der Waals surface area (Å²) in [5, 5.41) is 0. The van der Waals surface area contributed by atoms with Crippen molar-refractivity contribution in [3.8, 4) is 0 Å². The molecule has 1 nitrogen and oxygen atoms in total. The largest absolute Gasteiger partial charge is 0.330 e. The summed E-state index contributed by atoms with van der Waals surface area (Å²) in [6.07, 6.45) is 2.55. The van der Waals surface area contributed by atoms with Crippen LogP contribution in [0, 0.1) is 11.8 Å². The lowest BCUT2D eigenvalue weighted by atomic mass is 9.90. The molecule has 0 spiro atoms. The average molecular weight is 129 g/mol. The molecule has 0 saturated heterocycles. The van der Waals surface area contributed by atoms with E-state index in [9.17, 15) is 0 Å². The van der Waals surface area contributed by atoms with E-state index in [4.69, 9.17) is 5.73 Å². The summed E-state index contributed by atoms with van der Waals surface area (Å²) in [6, 6.07) is 0. The molecular weight excluding hydrogens is 110 g/mol. The highest BCUT2D eigenvalue weighted by Crippen LogP contribution is 2.17. The second kappa shape index (κ2) is 4.80. The fourth-order valence-corrected chi connectivity index (χ4v) is 1.29. The molecule has 56 valence electrons. The van der Waals surface area contributed by atoms with Crippen LogP contribution in [0.2, 0.25) is 0 Å². The molecule has 0 bridgehead atoms. The molecule has 0 radical (unpaired) electrons. The molecular formula is C8H19N. The van der Waals surface area contributed by atoms with Gasteiger partial charge in [0.1, 0.15) is 0 Å². The molecule has 0 aliphatic carbocycles. The molecule has 9 heavy (non-hydrogen) atoms. The van der Waals surface area contributed by atoms with Crippen molar-refractivity contribution in [2.75, 3.05) is 6.54 Å². The Kier molecular flexibility index (Phi) is 4.78. The van der Waals surface area contributed by atoms with Crippen molar-refractivity contribution in [1.29, 1.82) is 0 Å². The highest BCUT2D eigenvalue weighted by Gasteiger charge is 2.10. The predicted molar refractivity (Wildman–Crippen MR) is 42.3 cm³/mol. The van der Waals surface area contributed by atoms with Crippen LogP contribution in [0.1, 0.15) is 33.6 Å². The maximum Gasteiger partial charge on any atom is -0.00489 e. The van der Waals surface area contributed by atoms with E-state index in [1.807, 2.05) is 0 Å². The molecule has 1 atom stereocenters. The normalized spacial score (nSPS) is 14.3. The monoisotopic (exact) mass is 129 g/mol. The fourth-order valence-electron chi connectivity index (χ4n) is 1.29. The summed E-state index contributed by atoms with van der Waals surface area (Å²) < 4.78 is 0. The van der Waals surface area contributed by atoms with E-state index in [1.54, 1.807) is 0 Å². The Labute approximate surface area is 58.6 Å². The highest BCUT2D eigenvalue weighted by molar-refractivity contribution is 4.63. The molecule has 0 aromatic heterocycles. The first-order valence-electron chi connectivity index (χ1n) is 3.96. The Hall–Kier alpha value is -0.0400. The van der Waals surface area contributed by atoms with Crippen LogP contribution in [-0.2, 0) is 0 Å². The van der Waals surface area contributed by atoms with Crippen molar-refractivity contribution in [2.45, 2.75) is 33.6 Å². The fraction of sp³-hybridized carbons (Fsp3) is 1.00. The zero-order valence-corrected chi connectivity index (χ0v) is 6.85. The van der Waals surface area contributed by atoms with Crippen LogP contribution in [-0.4, -0.2) is 6.54 Å². The smallest absolute Gasteiger partial charge is 0.00489 e. The van der Waals surface area contributed by atoms with E-state index in [2.05, 4.69) is 20.8 Å². The summed E-state index contributed by atoms with van der Waals surface area (Å²) in [5.41, 5.74) is 5.52. The molecule has 0 aliphatic heterocycles. The van der Waals surface area contributed by atoms with Crippen molar-refractivity contribution >= 4 is 0 Å². The highest BCUT2D eigenvalue weighted by atomic mass is 14.5. The Morgan fingerprint density at radius 3 is 1.78 bits per heavy atom. The maximum atomic E-state index is 5.52. The van der Waals surface area contributed by atoms with Crippen LogP contribution < -0.4 is 5.73 Å². The van der Waals surface area contributed by atoms with Crippen molar-refractivity contribution in [1.82, 2.24) is 0 Å². The van der Waals surface area contributed by atoms with Gasteiger partial charge in [-0.05, 0) is 18.4 Å². The third-order valence-corrected chi connectivity index (χ3v) is 2.23. The van der Waals surface area contributed by atoms with E-state index < -0.39 is 0 Å². The van der Waals surface area contributed by atoms with Crippen LogP contribution in [0.4, 0.5) is 0 Å². The number of hydrogen-bond acceptors (Lipinski definition) is 1. The Morgan fingerprint density at radius 1 is 1.22 bits per heavy atom. The Bertz CT molecular complexity index is 57.6. The van der Waals surface area contributed by atoms with Gasteiger partial charge in [-0.2, -0.15) is 0 Å². The van der Waals surface area contributed by atoms with Gasteiger partial charge in [-0.25, -0.2) is 0 Å². The average Bonchev–Trinajstić information content (AvgIpc) is 1.90. The quantitative estimate of drug-likeness (QED) is 0.617. The van der Waals surface area contributed by atoms with Crippen LogP contribution in [0.15, 0.2) is 0 Å². The van der Waals surface area contributed by atoms with Gasteiger partial charge in [-0.3, -0.25) is 0 Å². The SMILES string of the molecule is CCC(CC)[C@@H](C)CN. The van der Waals surface area contributed by atoms with Crippen molar-refractivity contribution < 1.29 is 0 Å². The Balaban J connectivity index is 3.50. The zero-order chi connectivity index (χ0) is 7.28. The molecule has 0 saturated carbocycles. The lowest BCUT2D eigenvalue weighted by molar-refractivity contribution is 0.344. The maximum absolute atomic E-state index is 5.52. The van der Waals surface area contributed by atoms with Gasteiger partial charge in [0.15, 0.2) is 0 Å². The molecule has 0 unspecified atom stereocenters. The van der Waals surface area contributed by atoms with Gasteiger partial charge in [0.2, 0.25) is 0 Å². The van der Waals surface area contributed by atoms with E-state index in [0.29, 0.717) is 5.92 Å². The summed E-state index contributed by atoms with van der Waals surface area (Å²) in [4.78, 5) is 0. The molecule has 0 heterocycles. The lowest BCUT2D eigenvalue weighted by Crippen LogP contribution is -2.19. The molecule has 1 heteroatoms. The van der Waals surface area contributed by atoms with Crippen LogP contribution >= 0.6 is 0 Å². The Morgan fingerprint density at radius 2 is 1.67 bits per heavy atom. The van der Waals surface area contributed by atoms with Crippen LogP contribution in [0.25, 0.3) is 0 Å². The van der Waals surface area contributed by atoms with Crippen LogP contribution in [0.5, 0.6) is 0 Å². The molecule has 0 rings (SSSR count). The van der Waals surface area contributed by atoms with Crippen LogP contribution in [0.3, 0.4) is 0 Å². The van der Waals surface area contributed by atoms with E-state index in [1.165, 1.54) is 12.8 Å². The van der Waals surface area contributed by atoms with E-state index in [0.717, 1.165) is 12.5 Å². The third-order valence-electron chi connectivity index (χ3n) is 2.23. The minimum absolute atomic E-state index is 0.708. The van der Waals surface area contributed by atoms with Gasteiger partial charge in [0, 0.05) is 0 Å². The summed E-state index contributed by atoms with van der Waals surface area (Å²) in [7, 11) is 0. The number of hydrogen-bond donors (Lipinski definition) is 1. The third kappa shape index (κ3) is 2.85. The van der Waals surface area contributed by atoms with Crippen molar-refractivity contribution in [3.05, 3.63) is 0 Å². The number of rotatable bonds is 4. The standard InChI is InChI=1S/C8H19N/c1-4-8(5-2)7(3)6-9/h7-8H,4-6,9H2,1-3H3/t7-/m0/s1. The van der Waals surface area contributed by atoms with Gasteiger partial charge in [-0.1, -0.05) is 33.6 Å². The number of nitrogens with two attached hydrogens (primary N) is 1. The van der Waals surface area contributed by atoms with Crippen molar-refractivity contribution in [2.24, 2.45) is 17.6 Å². The van der Waals surface area contributed by atoms with E-state index in [-0.39, 0.29) is 0 Å². The van der Waals surface area contributed by atoms with Gasteiger partial charge >= 0.3 is 0 Å². The summed E-state index contributed by atoms with van der Waals surface area (Å²) in [5.74, 6) is 1.55. The van der Waals surface area contributed by atoms with E-state index >= 15 is 0 Å². The van der Waals surface area contributed by atoms with Gasteiger partial charge in [0.25, 0.3) is 0 Å². The van der Waals surface area contributed by atoms with Gasteiger partial charge in [0.05, 0.1) is 0 Å². The first-order chi connectivity index (χ1) is 4.26. The molecule has 0 aliphatic rings. The lowest BCUT2D eigenvalue weighted by Gasteiger charge is -2.18. The molecule has 0 aromatic rings. The first kappa shape index (κ1) is 8.96. The molecule has 0 fully saturated rings. The minimum Gasteiger partial charge on any atom is -0.330 e. The topological polar surface area (TPSA) is 26.0 Å². The molecule has 0 amide bonds. The van der Waals surface area contributed by atoms with Gasteiger partial charge < -0.3 is 5.73 Å². The molecule has 0 aromatic carbocycles.